The van der Waals surface area contributed by atoms with Crippen LogP contribution in [0.2, 0.25) is 0 Å². The number of allylic oxidation sites excluding steroid dienone is 1. The second-order valence-electron chi connectivity index (χ2n) is 9.04. The largest absolute Gasteiger partial charge is 0.487 e. The highest BCUT2D eigenvalue weighted by Crippen LogP contribution is 2.35. The van der Waals surface area contributed by atoms with E-state index in [9.17, 15) is 9.59 Å². The van der Waals surface area contributed by atoms with Gasteiger partial charge in [0.2, 0.25) is 0 Å². The van der Waals surface area contributed by atoms with E-state index < -0.39 is 12.0 Å². The van der Waals surface area contributed by atoms with Crippen molar-refractivity contribution in [2.45, 2.75) is 39.7 Å². The van der Waals surface area contributed by atoms with Crippen LogP contribution in [0.3, 0.4) is 0 Å². The normalized spacial score (nSPS) is 15.3. The van der Waals surface area contributed by atoms with Gasteiger partial charge in [0.15, 0.2) is 4.80 Å². The van der Waals surface area contributed by atoms with E-state index in [4.69, 9.17) is 9.47 Å². The summed E-state index contributed by atoms with van der Waals surface area (Å²) in [6.45, 7) is 12.1. The minimum atomic E-state index is -0.637. The molecule has 1 atom stereocenters. The second kappa shape index (κ2) is 12.0. The van der Waals surface area contributed by atoms with Crippen LogP contribution < -0.4 is 19.6 Å². The molecule has 2 aromatic carbocycles. The minimum absolute atomic E-state index is 0.222. The number of ether oxygens (including phenoxy) is 2. The molecule has 198 valence electrons. The van der Waals surface area contributed by atoms with Gasteiger partial charge in [-0.2, -0.15) is 0 Å². The third kappa shape index (κ3) is 5.65. The lowest BCUT2D eigenvalue weighted by Crippen LogP contribution is -2.39. The van der Waals surface area contributed by atoms with Crippen LogP contribution in [0.1, 0.15) is 56.3 Å². The lowest BCUT2D eigenvalue weighted by atomic mass is 9.93. The number of carbonyl (C=O) groups excluding carboxylic acids is 1. The molecule has 0 radical (unpaired) electrons. The number of fused-ring (bicyclic) bond motifs is 1. The van der Waals surface area contributed by atoms with Crippen molar-refractivity contribution in [3.63, 3.8) is 0 Å². The topological polar surface area (TPSA) is 69.9 Å². The van der Waals surface area contributed by atoms with E-state index in [0.29, 0.717) is 38.9 Å². The summed E-state index contributed by atoms with van der Waals surface area (Å²) in [6.07, 6.45) is 3.49. The minimum Gasteiger partial charge on any atom is -0.487 e. The summed E-state index contributed by atoms with van der Waals surface area (Å²) >= 11 is 8.40. The van der Waals surface area contributed by atoms with Crippen molar-refractivity contribution < 1.29 is 14.3 Å². The zero-order valence-electron chi connectivity index (χ0n) is 21.6. The van der Waals surface area contributed by atoms with Gasteiger partial charge in [-0.25, -0.2) is 9.79 Å². The fourth-order valence-corrected chi connectivity index (χ4v) is 6.76. The van der Waals surface area contributed by atoms with Crippen molar-refractivity contribution in [2.75, 3.05) is 13.2 Å². The molecule has 4 rings (SSSR count). The van der Waals surface area contributed by atoms with Gasteiger partial charge in [-0.15, -0.1) is 0 Å². The molecule has 2 heterocycles. The van der Waals surface area contributed by atoms with Gasteiger partial charge in [0.25, 0.3) is 5.56 Å². The number of carbonyl (C=O) groups is 1. The Balaban J connectivity index is 1.88. The van der Waals surface area contributed by atoms with Crippen LogP contribution in [0.25, 0.3) is 6.08 Å². The number of nitrogens with zero attached hydrogens (tertiary/aromatic N) is 2. The van der Waals surface area contributed by atoms with Crippen LogP contribution in [0.15, 0.2) is 79.1 Å². The lowest BCUT2D eigenvalue weighted by molar-refractivity contribution is -0.139. The first-order valence-corrected chi connectivity index (χ1v) is 14.6. The molecule has 0 spiro atoms. The summed E-state index contributed by atoms with van der Waals surface area (Å²) in [4.78, 5) is 32.1. The van der Waals surface area contributed by atoms with Gasteiger partial charge in [0, 0.05) is 0 Å². The highest BCUT2D eigenvalue weighted by Gasteiger charge is 2.33. The standard InChI is InChI=1S/C29H28Br2N2O4S/c1-6-12-37-26-21(30)13-18(14-22(26)31)15-23-27(34)33-25(20-10-8-19(9-11-20)16(3)4)24(28(35)36-7-2)17(5)32-29(33)38-23/h6,8-11,13-16,25H,1,7,12H2,2-5H3/b23-15-/t25-/m1/s1. The first kappa shape index (κ1) is 28.3. The Morgan fingerprint density at radius 2 is 1.87 bits per heavy atom. The monoisotopic (exact) mass is 658 g/mol. The van der Waals surface area contributed by atoms with Crippen molar-refractivity contribution in [2.24, 2.45) is 4.99 Å². The molecule has 0 saturated heterocycles. The van der Waals surface area contributed by atoms with Crippen LogP contribution in [0, 0.1) is 0 Å². The second-order valence-corrected chi connectivity index (χ2v) is 11.8. The fourth-order valence-electron chi connectivity index (χ4n) is 4.26. The SMILES string of the molecule is C=CCOc1c(Br)cc(/C=c2\sc3n(c2=O)[C@H](c2ccc(C(C)C)cc2)C(C(=O)OCC)=C(C)N=3)cc1Br. The summed E-state index contributed by atoms with van der Waals surface area (Å²) in [5.74, 6) is 0.548. The molecule has 0 N–H and O–H groups in total. The maximum Gasteiger partial charge on any atom is 0.338 e. The van der Waals surface area contributed by atoms with E-state index in [1.54, 1.807) is 24.5 Å². The zero-order valence-corrected chi connectivity index (χ0v) is 25.6. The maximum atomic E-state index is 13.8. The number of hydrogen-bond acceptors (Lipinski definition) is 6. The Labute approximate surface area is 242 Å². The predicted octanol–water partition coefficient (Wildman–Crippen LogP) is 6.01. The Kier molecular flexibility index (Phi) is 8.90. The van der Waals surface area contributed by atoms with Gasteiger partial charge in [0.1, 0.15) is 12.4 Å². The highest BCUT2D eigenvalue weighted by molar-refractivity contribution is 9.11. The van der Waals surface area contributed by atoms with E-state index in [1.807, 2.05) is 42.5 Å². The number of hydrogen-bond donors (Lipinski definition) is 0. The van der Waals surface area contributed by atoms with E-state index in [2.05, 4.69) is 57.3 Å². The summed E-state index contributed by atoms with van der Waals surface area (Å²) in [5.41, 5.74) is 3.50. The number of rotatable bonds is 8. The van der Waals surface area contributed by atoms with E-state index >= 15 is 0 Å². The lowest BCUT2D eigenvalue weighted by Gasteiger charge is -2.25. The average Bonchev–Trinajstić information content (AvgIpc) is 3.17. The van der Waals surface area contributed by atoms with Crippen LogP contribution in [-0.2, 0) is 9.53 Å². The van der Waals surface area contributed by atoms with Crippen molar-refractivity contribution in [3.05, 3.63) is 106 Å². The van der Waals surface area contributed by atoms with Crippen LogP contribution in [0.4, 0.5) is 0 Å². The molecule has 9 heteroatoms. The quantitative estimate of drug-likeness (QED) is 0.219. The Hall–Kier alpha value is -2.75. The first-order valence-electron chi connectivity index (χ1n) is 12.2. The van der Waals surface area contributed by atoms with Crippen molar-refractivity contribution in [1.29, 1.82) is 0 Å². The van der Waals surface area contributed by atoms with Gasteiger partial charge in [-0.1, -0.05) is 62.1 Å². The number of aromatic nitrogens is 1. The average molecular weight is 660 g/mol. The summed E-state index contributed by atoms with van der Waals surface area (Å²) in [5, 5.41) is 0. The number of thiazole rings is 1. The first-order chi connectivity index (χ1) is 18.2. The van der Waals surface area contributed by atoms with Gasteiger partial charge in [-0.05, 0) is 86.5 Å². The number of benzene rings is 2. The third-order valence-electron chi connectivity index (χ3n) is 6.10. The Morgan fingerprint density at radius 3 is 2.45 bits per heavy atom. The van der Waals surface area contributed by atoms with Crippen molar-refractivity contribution >= 4 is 55.2 Å². The molecule has 0 aliphatic carbocycles. The van der Waals surface area contributed by atoms with Crippen molar-refractivity contribution in [1.82, 2.24) is 4.57 Å². The van der Waals surface area contributed by atoms with E-state index in [1.165, 1.54) is 16.9 Å². The van der Waals surface area contributed by atoms with E-state index in [0.717, 1.165) is 20.1 Å². The van der Waals surface area contributed by atoms with Crippen LogP contribution in [0.5, 0.6) is 5.75 Å². The molecule has 1 aliphatic heterocycles. The molecule has 1 aromatic heterocycles. The molecule has 0 saturated carbocycles. The molecule has 0 bridgehead atoms. The number of halogens is 2. The zero-order chi connectivity index (χ0) is 27.6. The molecule has 0 amide bonds. The molecule has 38 heavy (non-hydrogen) atoms. The molecule has 0 fully saturated rings. The predicted molar refractivity (Wildman–Crippen MR) is 158 cm³/mol. The van der Waals surface area contributed by atoms with Gasteiger partial charge in [-0.3, -0.25) is 9.36 Å². The summed E-state index contributed by atoms with van der Waals surface area (Å²) in [7, 11) is 0. The Morgan fingerprint density at radius 1 is 1.21 bits per heavy atom. The Bertz CT molecular complexity index is 1580. The maximum absolute atomic E-state index is 13.8. The summed E-state index contributed by atoms with van der Waals surface area (Å²) in [6, 6.07) is 11.2. The number of esters is 1. The van der Waals surface area contributed by atoms with Crippen LogP contribution >= 0.6 is 43.2 Å². The smallest absolute Gasteiger partial charge is 0.338 e. The molecule has 6 nitrogen and oxygen atoms in total. The highest BCUT2D eigenvalue weighted by atomic mass is 79.9. The van der Waals surface area contributed by atoms with Gasteiger partial charge >= 0.3 is 5.97 Å². The fraction of sp³-hybridized carbons (Fsp3) is 0.276. The van der Waals surface area contributed by atoms with E-state index in [-0.39, 0.29) is 12.2 Å². The molecule has 1 aliphatic rings. The molecule has 3 aromatic rings. The summed E-state index contributed by atoms with van der Waals surface area (Å²) < 4.78 is 14.7. The molecular formula is C29H28Br2N2O4S. The molecular weight excluding hydrogens is 632 g/mol. The van der Waals surface area contributed by atoms with Gasteiger partial charge < -0.3 is 9.47 Å². The van der Waals surface area contributed by atoms with Gasteiger partial charge in [0.05, 0.1) is 37.4 Å². The third-order valence-corrected chi connectivity index (χ3v) is 8.26. The van der Waals surface area contributed by atoms with Crippen LogP contribution in [-0.4, -0.2) is 23.8 Å². The molecule has 0 unspecified atom stereocenters. The van der Waals surface area contributed by atoms with Crippen molar-refractivity contribution in [3.8, 4) is 5.75 Å².